The lowest BCUT2D eigenvalue weighted by molar-refractivity contribution is -0.622. The molecule has 17 nitrogen and oxygen atoms in total. The molecular weight excluding hydrogens is 668 g/mol. The normalized spacial score (nSPS) is 11.2. The van der Waals surface area contributed by atoms with Gasteiger partial charge in [-0.1, -0.05) is 24.3 Å². The lowest BCUT2D eigenvalue weighted by Crippen LogP contribution is -2.43. The molecule has 3 aromatic heterocycles. The van der Waals surface area contributed by atoms with Crippen molar-refractivity contribution >= 4 is 57.2 Å². The van der Waals surface area contributed by atoms with Gasteiger partial charge in [-0.05, 0) is 35.9 Å². The van der Waals surface area contributed by atoms with E-state index in [1.165, 1.54) is 30.3 Å². The molecule has 0 aliphatic carbocycles. The minimum absolute atomic E-state index is 0.0126. The molecule has 0 fully saturated rings. The average Bonchev–Trinajstić information content (AvgIpc) is 3.53. The summed E-state index contributed by atoms with van der Waals surface area (Å²) in [6.45, 7) is 1.09. The molecule has 3 heterocycles. The van der Waals surface area contributed by atoms with Gasteiger partial charge in [-0.3, -0.25) is 0 Å². The summed E-state index contributed by atoms with van der Waals surface area (Å²) < 4.78 is 8.48. The number of carbonyl (C=O) groups is 1. The number of alkyl halides is 1. The van der Waals surface area contributed by atoms with Crippen LogP contribution in [0.3, 0.4) is 0 Å². The van der Waals surface area contributed by atoms with Gasteiger partial charge in [0, 0.05) is 37.6 Å². The number of nitrogen functional groups attached to an aromatic ring is 1. The second-order valence-electron chi connectivity index (χ2n) is 10.6. The summed E-state index contributed by atoms with van der Waals surface area (Å²) in [6.07, 6.45) is 1.55. The Kier molecular flexibility index (Phi) is 9.63. The predicted octanol–water partition coefficient (Wildman–Crippen LogP) is 3.61. The van der Waals surface area contributed by atoms with Crippen LogP contribution in [0.1, 0.15) is 11.3 Å². The summed E-state index contributed by atoms with van der Waals surface area (Å²) in [4.78, 5) is 24.6. The number of ether oxygens (including phenoxy) is 1. The summed E-state index contributed by atoms with van der Waals surface area (Å²) >= 11 is 5.59. The van der Waals surface area contributed by atoms with E-state index in [2.05, 4.69) is 35.8 Å². The van der Waals surface area contributed by atoms with E-state index in [1.807, 2.05) is 6.07 Å². The van der Waals surface area contributed by atoms with Gasteiger partial charge in [0.2, 0.25) is 11.8 Å². The summed E-state index contributed by atoms with van der Waals surface area (Å²) in [5.41, 5.74) is 7.37. The number of carbonyl (C=O) groups excluding carboxylic acids is 1. The highest BCUT2D eigenvalue weighted by atomic mass is 35.5. The first kappa shape index (κ1) is 33.1. The Morgan fingerprint density at radius 3 is 2.52 bits per heavy atom. The van der Waals surface area contributed by atoms with Gasteiger partial charge in [-0.25, -0.2) is 9.78 Å². The van der Waals surface area contributed by atoms with E-state index in [0.717, 1.165) is 0 Å². The Balaban J connectivity index is 1.18. The number of nitrogens with zero attached hydrogens (tertiary/aromatic N) is 9. The molecule has 0 aliphatic heterocycles. The molecule has 6 rings (SSSR count). The van der Waals surface area contributed by atoms with Crippen molar-refractivity contribution in [3.63, 3.8) is 0 Å². The number of aromatic nitrogens is 6. The summed E-state index contributed by atoms with van der Waals surface area (Å²) in [5.74, 6) is 0.132. The van der Waals surface area contributed by atoms with E-state index in [1.54, 1.807) is 47.3 Å². The van der Waals surface area contributed by atoms with Crippen LogP contribution in [0, 0.1) is 21.7 Å². The molecule has 0 aliphatic rings. The molecule has 5 N–H and O–H groups in total. The highest BCUT2D eigenvalue weighted by Gasteiger charge is 2.31. The zero-order valence-corrected chi connectivity index (χ0v) is 26.8. The van der Waals surface area contributed by atoms with Crippen molar-refractivity contribution < 1.29 is 24.1 Å². The zero-order chi connectivity index (χ0) is 35.2. The fourth-order valence-corrected chi connectivity index (χ4v) is 5.13. The molecule has 0 spiro atoms. The molecule has 50 heavy (non-hydrogen) atoms. The van der Waals surface area contributed by atoms with E-state index in [9.17, 15) is 25.6 Å². The van der Waals surface area contributed by atoms with Crippen molar-refractivity contribution in [1.82, 2.24) is 30.2 Å². The Morgan fingerprint density at radius 1 is 1.02 bits per heavy atom. The quantitative estimate of drug-likeness (QED) is 0.0664. The third-order valence-corrected chi connectivity index (χ3v) is 7.51. The number of hydrogen-bond acceptors (Lipinski definition) is 12. The van der Waals surface area contributed by atoms with E-state index >= 15 is 0 Å². The molecule has 3 aromatic carbocycles. The number of nitrogens with one attached hydrogen (secondary N) is 2. The minimum atomic E-state index is -0.481. The van der Waals surface area contributed by atoms with Crippen LogP contribution in [-0.4, -0.2) is 49.6 Å². The lowest BCUT2D eigenvalue weighted by atomic mass is 10.1. The van der Waals surface area contributed by atoms with Gasteiger partial charge >= 0.3 is 17.4 Å². The third kappa shape index (κ3) is 6.90. The summed E-state index contributed by atoms with van der Waals surface area (Å²) in [7, 11) is 0. The number of phenolic OH excluding ortho intramolecular Hbond substituents is 1. The molecule has 0 atom stereocenters. The monoisotopic (exact) mass is 694 g/mol. The molecule has 18 heteroatoms. The van der Waals surface area contributed by atoms with Crippen LogP contribution in [0.15, 0.2) is 83.3 Å². The first-order chi connectivity index (χ1) is 24.3. The highest BCUT2D eigenvalue weighted by molar-refractivity contribution is 6.18. The van der Waals surface area contributed by atoms with Crippen LogP contribution in [0.5, 0.6) is 11.6 Å². The molecule has 2 amide bonds. The van der Waals surface area contributed by atoms with Gasteiger partial charge in [0.05, 0.1) is 23.3 Å². The molecule has 0 unspecified atom stereocenters. The largest absolute Gasteiger partial charge is 0.617 e. The smallest absolute Gasteiger partial charge is 0.369 e. The standard InChI is InChI=1S/C32H27ClN12O5/c33-10-11-36-32(47)37-12-13-43-18-38-27-29(43)39-31(35)40-30(27)50-17-19-4-3-5-20(14-19)41-42-21-8-9-26(46)22(15-21)28-25(16-34)44(48)23-6-1-2-7-24(23)45(28)49/h1-9,14-15,18,46H,10-13,17H2,(H2,35,39,40)(H2,36,37,47). The maximum atomic E-state index is 13.3. The number of phenols is 1. The topological polar surface area (TPSA) is 243 Å². The number of nitriles is 1. The van der Waals surface area contributed by atoms with Crippen LogP contribution >= 0.6 is 11.6 Å². The number of azo groups is 1. The van der Waals surface area contributed by atoms with Crippen LogP contribution in [0.4, 0.5) is 22.1 Å². The molecule has 252 valence electrons. The van der Waals surface area contributed by atoms with Gasteiger partial charge in [-0.15, -0.1) is 16.3 Å². The van der Waals surface area contributed by atoms with Crippen LogP contribution < -0.4 is 30.6 Å². The van der Waals surface area contributed by atoms with Crippen molar-refractivity contribution in [3.05, 3.63) is 94.7 Å². The number of rotatable bonds is 11. The van der Waals surface area contributed by atoms with Gasteiger partial charge in [0.25, 0.3) is 11.0 Å². The van der Waals surface area contributed by atoms with Crippen molar-refractivity contribution in [2.24, 2.45) is 10.2 Å². The molecule has 6 aromatic rings. The van der Waals surface area contributed by atoms with Gasteiger partial charge in [0.1, 0.15) is 12.4 Å². The number of aromatic hydroxyl groups is 1. The fourth-order valence-electron chi connectivity index (χ4n) is 5.04. The van der Waals surface area contributed by atoms with Crippen molar-refractivity contribution in [1.29, 1.82) is 5.26 Å². The zero-order valence-electron chi connectivity index (χ0n) is 26.0. The van der Waals surface area contributed by atoms with Gasteiger partial charge in [0.15, 0.2) is 17.2 Å². The second-order valence-corrected chi connectivity index (χ2v) is 11.0. The van der Waals surface area contributed by atoms with Gasteiger partial charge < -0.3 is 41.2 Å². The molecular formula is C32H27ClN12O5. The number of para-hydroxylation sites is 2. The number of imidazole rings is 1. The maximum Gasteiger partial charge on any atom is 0.369 e. The molecule has 0 radical (unpaired) electrons. The molecule has 0 saturated carbocycles. The number of fused-ring (bicyclic) bond motifs is 2. The first-order valence-corrected chi connectivity index (χ1v) is 15.5. The van der Waals surface area contributed by atoms with E-state index in [4.69, 9.17) is 22.1 Å². The average molecular weight is 695 g/mol. The minimum Gasteiger partial charge on any atom is -0.617 e. The fraction of sp³-hybridized carbons (Fsp3) is 0.156. The lowest BCUT2D eigenvalue weighted by Gasteiger charge is -2.11. The number of benzene rings is 3. The Hall–Kier alpha value is -6.80. The van der Waals surface area contributed by atoms with E-state index in [-0.39, 0.29) is 58.2 Å². The van der Waals surface area contributed by atoms with Crippen molar-refractivity contribution in [2.75, 3.05) is 24.7 Å². The third-order valence-electron chi connectivity index (χ3n) is 7.33. The number of anilines is 1. The maximum absolute atomic E-state index is 13.3. The van der Waals surface area contributed by atoms with E-state index < -0.39 is 5.69 Å². The van der Waals surface area contributed by atoms with Crippen molar-refractivity contribution in [3.8, 4) is 29.0 Å². The Morgan fingerprint density at radius 2 is 1.76 bits per heavy atom. The number of halogens is 1. The number of hydrogen-bond donors (Lipinski definition) is 4. The van der Waals surface area contributed by atoms with Crippen LogP contribution in [0.2, 0.25) is 0 Å². The number of amides is 2. The van der Waals surface area contributed by atoms with E-state index in [0.29, 0.717) is 57.4 Å². The Bertz CT molecular complexity index is 2310. The first-order valence-electron chi connectivity index (χ1n) is 15.0. The number of urea groups is 1. The Labute approximate surface area is 288 Å². The van der Waals surface area contributed by atoms with Crippen molar-refractivity contribution in [2.45, 2.75) is 13.2 Å². The molecule has 0 saturated heterocycles. The van der Waals surface area contributed by atoms with Gasteiger partial charge in [-0.2, -0.15) is 30.2 Å². The molecule has 0 bridgehead atoms. The number of nitrogens with two attached hydrogens (primary N) is 1. The SMILES string of the molecule is N#Cc1c(-c2cc(N=Nc3cccc(COc4nc(N)nc5c4ncn5CCNC(=O)NCCCl)c3)ccc2O)[n+]([O-])c2ccccc2[n+]1[O-]. The second kappa shape index (κ2) is 14.5. The summed E-state index contributed by atoms with van der Waals surface area (Å²) in [5, 5.41) is 60.5. The predicted molar refractivity (Wildman–Crippen MR) is 180 cm³/mol. The van der Waals surface area contributed by atoms with Crippen LogP contribution in [0.25, 0.3) is 33.5 Å². The highest BCUT2D eigenvalue weighted by Crippen LogP contribution is 2.33. The van der Waals surface area contributed by atoms with Crippen LogP contribution in [-0.2, 0) is 13.2 Å². The summed E-state index contributed by atoms with van der Waals surface area (Å²) in [6, 6.07) is 18.6.